The third-order valence-corrected chi connectivity index (χ3v) is 7.50. The van der Waals surface area contributed by atoms with E-state index in [4.69, 9.17) is 5.11 Å². The second kappa shape index (κ2) is 25.1. The molecule has 0 saturated heterocycles. The fourth-order valence-electron chi connectivity index (χ4n) is 5.20. The fourth-order valence-corrected chi connectivity index (χ4v) is 5.20. The first-order chi connectivity index (χ1) is 16.9. The smallest absolute Gasteiger partial charge is 0.303 e. The Kier molecular flexibility index (Phi) is 24.6. The zero-order valence-electron chi connectivity index (χ0n) is 24.2. The number of hydrogen-bond acceptors (Lipinski definition) is 2. The molecule has 0 amide bonds. The summed E-state index contributed by atoms with van der Waals surface area (Å²) >= 11 is 0. The zero-order chi connectivity index (χ0) is 26.0. The van der Waals surface area contributed by atoms with Crippen LogP contribution in [0.3, 0.4) is 0 Å². The SMILES string of the molecule is CCCCCCCCCCCCCCCCCCCCC(O)C[N+](C)(C)CCCCCCC(=O)O. The minimum atomic E-state index is -0.691. The number of carbonyl (C=O) groups is 1. The number of aliphatic carboxylic acids is 1. The number of hydrogen-bond donors (Lipinski definition) is 2. The molecule has 0 aliphatic rings. The number of likely N-dealkylation sites (N-methyl/N-ethyl adjacent to an activating group) is 1. The van der Waals surface area contributed by atoms with Crippen molar-refractivity contribution >= 4 is 5.97 Å². The van der Waals surface area contributed by atoms with E-state index in [1.807, 2.05) is 0 Å². The Labute approximate surface area is 219 Å². The van der Waals surface area contributed by atoms with Gasteiger partial charge in [0.1, 0.15) is 12.6 Å². The van der Waals surface area contributed by atoms with Gasteiger partial charge in [0, 0.05) is 6.42 Å². The van der Waals surface area contributed by atoms with E-state index in [0.29, 0.717) is 0 Å². The maximum Gasteiger partial charge on any atom is 0.303 e. The molecule has 35 heavy (non-hydrogen) atoms. The Morgan fingerprint density at radius 1 is 0.600 bits per heavy atom. The average molecular weight is 499 g/mol. The van der Waals surface area contributed by atoms with Crippen LogP contribution in [-0.4, -0.2) is 54.0 Å². The van der Waals surface area contributed by atoms with E-state index in [1.54, 1.807) is 0 Å². The molecule has 0 saturated carbocycles. The van der Waals surface area contributed by atoms with Gasteiger partial charge < -0.3 is 14.7 Å². The van der Waals surface area contributed by atoms with E-state index in [1.165, 1.54) is 109 Å². The van der Waals surface area contributed by atoms with Crippen molar-refractivity contribution in [2.75, 3.05) is 27.2 Å². The molecule has 2 N–H and O–H groups in total. The summed E-state index contributed by atoms with van der Waals surface area (Å²) < 4.78 is 0.860. The van der Waals surface area contributed by atoms with Crippen molar-refractivity contribution in [2.24, 2.45) is 0 Å². The Morgan fingerprint density at radius 3 is 1.40 bits per heavy atom. The van der Waals surface area contributed by atoms with Crippen LogP contribution in [0.25, 0.3) is 0 Å². The first-order valence-electron chi connectivity index (χ1n) is 15.6. The molecule has 4 nitrogen and oxygen atoms in total. The van der Waals surface area contributed by atoms with Crippen LogP contribution >= 0.6 is 0 Å². The third-order valence-electron chi connectivity index (χ3n) is 7.50. The van der Waals surface area contributed by atoms with Gasteiger partial charge in [-0.15, -0.1) is 0 Å². The van der Waals surface area contributed by atoms with Gasteiger partial charge >= 0.3 is 5.97 Å². The average Bonchev–Trinajstić information content (AvgIpc) is 2.80. The molecule has 0 fully saturated rings. The fraction of sp³-hybridized carbons (Fsp3) is 0.968. The number of unbranched alkanes of at least 4 members (excludes halogenated alkanes) is 20. The van der Waals surface area contributed by atoms with Gasteiger partial charge in [-0.05, 0) is 25.7 Å². The minimum absolute atomic E-state index is 0.196. The lowest BCUT2D eigenvalue weighted by Crippen LogP contribution is -2.45. The van der Waals surface area contributed by atoms with Crippen molar-refractivity contribution in [3.05, 3.63) is 0 Å². The van der Waals surface area contributed by atoms with Crippen LogP contribution in [0, 0.1) is 0 Å². The summed E-state index contributed by atoms with van der Waals surface area (Å²) in [5, 5.41) is 19.1. The molecule has 1 unspecified atom stereocenters. The predicted molar refractivity (Wildman–Crippen MR) is 152 cm³/mol. The van der Waals surface area contributed by atoms with Crippen molar-refractivity contribution in [1.29, 1.82) is 0 Å². The molecular weight excluding hydrogens is 434 g/mol. The first-order valence-corrected chi connectivity index (χ1v) is 15.6. The van der Waals surface area contributed by atoms with Gasteiger partial charge in [-0.25, -0.2) is 0 Å². The topological polar surface area (TPSA) is 57.5 Å². The number of nitrogens with zero attached hydrogens (tertiary/aromatic N) is 1. The predicted octanol–water partition coefficient (Wildman–Crippen LogP) is 8.89. The number of rotatable bonds is 28. The number of quaternary nitrogens is 1. The number of aliphatic hydroxyl groups is 1. The molecule has 0 aromatic carbocycles. The van der Waals surface area contributed by atoms with E-state index in [-0.39, 0.29) is 12.5 Å². The molecule has 210 valence electrons. The highest BCUT2D eigenvalue weighted by molar-refractivity contribution is 5.66. The summed E-state index contributed by atoms with van der Waals surface area (Å²) in [5.74, 6) is -0.691. The van der Waals surface area contributed by atoms with Gasteiger partial charge in [0.15, 0.2) is 0 Å². The Bertz CT molecular complexity index is 453. The van der Waals surface area contributed by atoms with Crippen LogP contribution in [0.4, 0.5) is 0 Å². The molecule has 0 aliphatic heterocycles. The summed E-state index contributed by atoms with van der Waals surface area (Å²) in [7, 11) is 4.41. The highest BCUT2D eigenvalue weighted by Crippen LogP contribution is 2.16. The lowest BCUT2D eigenvalue weighted by Gasteiger charge is -2.32. The van der Waals surface area contributed by atoms with E-state index >= 15 is 0 Å². The van der Waals surface area contributed by atoms with Crippen LogP contribution in [-0.2, 0) is 4.79 Å². The van der Waals surface area contributed by atoms with Crippen molar-refractivity contribution in [1.82, 2.24) is 0 Å². The molecule has 0 bridgehead atoms. The normalized spacial score (nSPS) is 12.8. The number of carboxylic acids is 1. The molecular formula is C31H64NO3+. The number of aliphatic hydroxyl groups excluding tert-OH is 1. The second-order valence-electron chi connectivity index (χ2n) is 11.9. The standard InChI is InChI=1S/C31H63NO3/c1-4-5-6-7-8-9-10-11-12-13-14-15-16-17-18-19-20-23-26-30(33)29-32(2,3)28-25-22-21-24-27-31(34)35/h30,33H,4-29H2,1-3H3/p+1. The van der Waals surface area contributed by atoms with Gasteiger partial charge in [-0.1, -0.05) is 129 Å². The Hall–Kier alpha value is -0.610. The molecule has 0 heterocycles. The molecule has 0 rings (SSSR count). The molecule has 0 aromatic rings. The van der Waals surface area contributed by atoms with Gasteiger partial charge in [-0.3, -0.25) is 4.79 Å². The molecule has 0 radical (unpaired) electrons. The minimum Gasteiger partial charge on any atom is -0.481 e. The first kappa shape index (κ1) is 34.4. The van der Waals surface area contributed by atoms with E-state index in [9.17, 15) is 9.90 Å². The summed E-state index contributed by atoms with van der Waals surface area (Å²) in [6.45, 7) is 4.17. The summed E-state index contributed by atoms with van der Waals surface area (Å²) in [6, 6.07) is 0. The zero-order valence-corrected chi connectivity index (χ0v) is 24.2. The van der Waals surface area contributed by atoms with E-state index in [2.05, 4.69) is 21.0 Å². The third kappa shape index (κ3) is 27.8. The lowest BCUT2D eigenvalue weighted by atomic mass is 10.0. The van der Waals surface area contributed by atoms with E-state index < -0.39 is 5.97 Å². The second-order valence-corrected chi connectivity index (χ2v) is 11.9. The monoisotopic (exact) mass is 498 g/mol. The summed E-state index contributed by atoms with van der Waals surface area (Å²) in [5.41, 5.74) is 0. The lowest BCUT2D eigenvalue weighted by molar-refractivity contribution is -0.893. The largest absolute Gasteiger partial charge is 0.481 e. The van der Waals surface area contributed by atoms with Crippen molar-refractivity contribution in [2.45, 2.75) is 167 Å². The van der Waals surface area contributed by atoms with Crippen LogP contribution in [0.1, 0.15) is 161 Å². The molecule has 0 spiro atoms. The van der Waals surface area contributed by atoms with Gasteiger partial charge in [0.2, 0.25) is 0 Å². The Morgan fingerprint density at radius 2 is 0.971 bits per heavy atom. The Balaban J connectivity index is 3.37. The van der Waals surface area contributed by atoms with Gasteiger partial charge in [0.05, 0.1) is 20.6 Å². The van der Waals surface area contributed by atoms with Crippen molar-refractivity contribution in [3.8, 4) is 0 Å². The van der Waals surface area contributed by atoms with Gasteiger partial charge in [0.25, 0.3) is 0 Å². The van der Waals surface area contributed by atoms with Crippen LogP contribution in [0.2, 0.25) is 0 Å². The molecule has 1 atom stereocenters. The van der Waals surface area contributed by atoms with Gasteiger partial charge in [-0.2, -0.15) is 0 Å². The van der Waals surface area contributed by atoms with Crippen molar-refractivity contribution < 1.29 is 19.5 Å². The highest BCUT2D eigenvalue weighted by Gasteiger charge is 2.19. The summed E-state index contributed by atoms with van der Waals surface area (Å²) in [6.07, 6.45) is 30.1. The quantitative estimate of drug-likeness (QED) is 0.0836. The van der Waals surface area contributed by atoms with Crippen LogP contribution in [0.15, 0.2) is 0 Å². The highest BCUT2D eigenvalue weighted by atomic mass is 16.4. The van der Waals surface area contributed by atoms with Crippen LogP contribution in [0.5, 0.6) is 0 Å². The maximum atomic E-state index is 10.5. The van der Waals surface area contributed by atoms with E-state index in [0.717, 1.165) is 56.1 Å². The number of carboxylic acid groups (broad SMARTS) is 1. The maximum absolute atomic E-state index is 10.5. The molecule has 4 heteroatoms. The molecule has 0 aromatic heterocycles. The van der Waals surface area contributed by atoms with Crippen LogP contribution < -0.4 is 0 Å². The summed E-state index contributed by atoms with van der Waals surface area (Å²) in [4.78, 5) is 10.5. The molecule has 0 aliphatic carbocycles. The van der Waals surface area contributed by atoms with Crippen molar-refractivity contribution in [3.63, 3.8) is 0 Å².